The third-order valence-electron chi connectivity index (χ3n) is 3.08. The quantitative estimate of drug-likeness (QED) is 0.729. The van der Waals surface area contributed by atoms with Crippen molar-refractivity contribution < 1.29 is 0 Å². The molecule has 1 aromatic heterocycles. The van der Waals surface area contributed by atoms with E-state index in [4.69, 9.17) is 5.73 Å². The van der Waals surface area contributed by atoms with Crippen LogP contribution in [0.25, 0.3) is 0 Å². The zero-order valence-electron chi connectivity index (χ0n) is 12.6. The highest BCUT2D eigenvalue weighted by atomic mass is 15.1. The number of benzene rings is 1. The van der Waals surface area contributed by atoms with Gasteiger partial charge in [-0.05, 0) is 25.3 Å². The number of nitrogens with two attached hydrogens (primary N) is 1. The predicted molar refractivity (Wildman–Crippen MR) is 88.5 cm³/mol. The highest BCUT2D eigenvalue weighted by molar-refractivity contribution is 5.51. The number of nitrogens with one attached hydrogen (secondary N) is 2. The molecular formula is C16H23N5. The van der Waals surface area contributed by atoms with Crippen LogP contribution in [0.3, 0.4) is 0 Å². The second-order valence-corrected chi connectivity index (χ2v) is 5.16. The van der Waals surface area contributed by atoms with Gasteiger partial charge in [0.15, 0.2) is 0 Å². The number of anilines is 3. The van der Waals surface area contributed by atoms with Crippen molar-refractivity contribution in [3.63, 3.8) is 0 Å². The second kappa shape index (κ2) is 7.47. The molecule has 2 aromatic rings. The third-order valence-corrected chi connectivity index (χ3v) is 3.08. The predicted octanol–water partition coefficient (Wildman–Crippen LogP) is 2.92. The average molecular weight is 285 g/mol. The molecule has 1 unspecified atom stereocenters. The Kier molecular flexibility index (Phi) is 5.37. The molecule has 0 aliphatic carbocycles. The Labute approximate surface area is 126 Å². The Morgan fingerprint density at radius 3 is 2.57 bits per heavy atom. The van der Waals surface area contributed by atoms with E-state index in [1.54, 1.807) is 0 Å². The van der Waals surface area contributed by atoms with Crippen LogP contribution in [0.4, 0.5) is 17.6 Å². The van der Waals surface area contributed by atoms with Crippen molar-refractivity contribution in [2.45, 2.75) is 32.7 Å². The van der Waals surface area contributed by atoms with Gasteiger partial charge in [-0.25, -0.2) is 0 Å². The highest BCUT2D eigenvalue weighted by Gasteiger charge is 2.07. The number of aromatic nitrogens is 2. The monoisotopic (exact) mass is 285 g/mol. The molecule has 0 amide bonds. The zero-order valence-corrected chi connectivity index (χ0v) is 12.6. The molecule has 5 nitrogen and oxygen atoms in total. The molecule has 2 rings (SSSR count). The van der Waals surface area contributed by atoms with Crippen molar-refractivity contribution in [1.29, 1.82) is 0 Å². The molecule has 0 radical (unpaired) electrons. The van der Waals surface area contributed by atoms with E-state index in [1.165, 1.54) is 5.56 Å². The van der Waals surface area contributed by atoms with E-state index in [-0.39, 0.29) is 12.0 Å². The Morgan fingerprint density at radius 2 is 1.86 bits per heavy atom. The van der Waals surface area contributed by atoms with Crippen molar-refractivity contribution in [2.24, 2.45) is 0 Å². The van der Waals surface area contributed by atoms with Crippen LogP contribution in [-0.2, 0) is 6.42 Å². The minimum absolute atomic E-state index is 0.265. The van der Waals surface area contributed by atoms with E-state index in [2.05, 4.69) is 58.7 Å². The van der Waals surface area contributed by atoms with E-state index in [0.717, 1.165) is 31.0 Å². The fourth-order valence-corrected chi connectivity index (χ4v) is 2.15. The van der Waals surface area contributed by atoms with E-state index in [1.807, 2.05) is 12.1 Å². The minimum Gasteiger partial charge on any atom is -0.370 e. The molecule has 1 atom stereocenters. The van der Waals surface area contributed by atoms with Crippen molar-refractivity contribution >= 4 is 17.6 Å². The van der Waals surface area contributed by atoms with Crippen molar-refractivity contribution in [1.82, 2.24) is 9.97 Å². The topological polar surface area (TPSA) is 75.9 Å². The molecule has 0 bridgehead atoms. The summed E-state index contributed by atoms with van der Waals surface area (Å²) in [6, 6.07) is 12.5. The summed E-state index contributed by atoms with van der Waals surface area (Å²) in [5.74, 6) is 1.80. The highest BCUT2D eigenvalue weighted by Crippen LogP contribution is 2.14. The lowest BCUT2D eigenvalue weighted by Crippen LogP contribution is -2.19. The lowest BCUT2D eigenvalue weighted by Gasteiger charge is -2.15. The van der Waals surface area contributed by atoms with Gasteiger partial charge in [0.25, 0.3) is 0 Å². The number of rotatable bonds is 7. The Morgan fingerprint density at radius 1 is 1.14 bits per heavy atom. The first-order chi connectivity index (χ1) is 10.2. The molecule has 0 aliphatic heterocycles. The maximum atomic E-state index is 5.76. The molecule has 0 spiro atoms. The van der Waals surface area contributed by atoms with E-state index >= 15 is 0 Å². The van der Waals surface area contributed by atoms with Gasteiger partial charge < -0.3 is 16.4 Å². The van der Waals surface area contributed by atoms with Crippen LogP contribution in [0.5, 0.6) is 0 Å². The molecule has 0 aliphatic rings. The minimum atomic E-state index is 0.265. The van der Waals surface area contributed by atoms with Gasteiger partial charge >= 0.3 is 0 Å². The summed E-state index contributed by atoms with van der Waals surface area (Å²) in [6.07, 6.45) is 1.97. The fourth-order valence-electron chi connectivity index (χ4n) is 2.15. The normalized spacial score (nSPS) is 11.9. The molecule has 0 fully saturated rings. The third kappa shape index (κ3) is 4.95. The summed E-state index contributed by atoms with van der Waals surface area (Å²) in [6.45, 7) is 5.11. The van der Waals surface area contributed by atoms with Gasteiger partial charge in [-0.3, -0.25) is 0 Å². The Balaban J connectivity index is 1.99. The van der Waals surface area contributed by atoms with Gasteiger partial charge in [-0.15, -0.1) is 0 Å². The smallest absolute Gasteiger partial charge is 0.223 e. The Hall–Kier alpha value is -2.30. The summed E-state index contributed by atoms with van der Waals surface area (Å²) in [4.78, 5) is 8.42. The molecule has 4 N–H and O–H groups in total. The summed E-state index contributed by atoms with van der Waals surface area (Å²) >= 11 is 0. The van der Waals surface area contributed by atoms with Gasteiger partial charge in [0.1, 0.15) is 11.6 Å². The maximum absolute atomic E-state index is 5.76. The number of nitrogens with zero attached hydrogens (tertiary/aromatic N) is 2. The standard InChI is InChI=1S/C16H23N5/c1-3-9-18-14-11-15(21-16(17)20-14)19-12(2)10-13-7-5-4-6-8-13/h4-8,11-12H,3,9-10H2,1-2H3,(H4,17,18,19,20,21). The van der Waals surface area contributed by atoms with Crippen LogP contribution in [0, 0.1) is 0 Å². The first kappa shape index (κ1) is 15.1. The molecule has 0 saturated carbocycles. The van der Waals surface area contributed by atoms with E-state index in [9.17, 15) is 0 Å². The van der Waals surface area contributed by atoms with Gasteiger partial charge in [-0.1, -0.05) is 37.3 Å². The van der Waals surface area contributed by atoms with Crippen LogP contribution < -0.4 is 16.4 Å². The summed E-state index contributed by atoms with van der Waals surface area (Å²) < 4.78 is 0. The van der Waals surface area contributed by atoms with Gasteiger partial charge in [0.05, 0.1) is 0 Å². The SMILES string of the molecule is CCCNc1cc(NC(C)Cc2ccccc2)nc(N)n1. The van der Waals surface area contributed by atoms with Crippen molar-refractivity contribution in [3.05, 3.63) is 42.0 Å². The maximum Gasteiger partial charge on any atom is 0.223 e. The van der Waals surface area contributed by atoms with Gasteiger partial charge in [-0.2, -0.15) is 9.97 Å². The molecule has 0 saturated heterocycles. The lowest BCUT2D eigenvalue weighted by molar-refractivity contribution is 0.784. The number of hydrogen-bond donors (Lipinski definition) is 3. The molecular weight excluding hydrogens is 262 g/mol. The van der Waals surface area contributed by atoms with Crippen molar-refractivity contribution in [2.75, 3.05) is 22.9 Å². The van der Waals surface area contributed by atoms with Crippen LogP contribution in [0.2, 0.25) is 0 Å². The lowest BCUT2D eigenvalue weighted by atomic mass is 10.1. The fraction of sp³-hybridized carbons (Fsp3) is 0.375. The van der Waals surface area contributed by atoms with Gasteiger partial charge in [0.2, 0.25) is 5.95 Å². The largest absolute Gasteiger partial charge is 0.370 e. The van der Waals surface area contributed by atoms with Gasteiger partial charge in [0, 0.05) is 18.7 Å². The van der Waals surface area contributed by atoms with E-state index < -0.39 is 0 Å². The summed E-state index contributed by atoms with van der Waals surface area (Å²) in [5, 5.41) is 6.60. The average Bonchev–Trinajstić information content (AvgIpc) is 2.45. The number of hydrogen-bond acceptors (Lipinski definition) is 5. The molecule has 1 aromatic carbocycles. The molecule has 5 heteroatoms. The van der Waals surface area contributed by atoms with Crippen LogP contribution in [0.15, 0.2) is 36.4 Å². The Bertz CT molecular complexity index is 556. The first-order valence-corrected chi connectivity index (χ1v) is 7.36. The van der Waals surface area contributed by atoms with Crippen LogP contribution >= 0.6 is 0 Å². The second-order valence-electron chi connectivity index (χ2n) is 5.16. The zero-order chi connectivity index (χ0) is 15.1. The van der Waals surface area contributed by atoms with E-state index in [0.29, 0.717) is 0 Å². The summed E-state index contributed by atoms with van der Waals surface area (Å²) in [5.41, 5.74) is 7.05. The molecule has 112 valence electrons. The van der Waals surface area contributed by atoms with Crippen LogP contribution in [-0.4, -0.2) is 22.6 Å². The number of nitrogen functional groups attached to an aromatic ring is 1. The first-order valence-electron chi connectivity index (χ1n) is 7.36. The van der Waals surface area contributed by atoms with Crippen LogP contribution in [0.1, 0.15) is 25.8 Å². The summed E-state index contributed by atoms with van der Waals surface area (Å²) in [7, 11) is 0. The van der Waals surface area contributed by atoms with Crippen molar-refractivity contribution in [3.8, 4) is 0 Å². The molecule has 1 heterocycles. The molecule has 21 heavy (non-hydrogen) atoms.